The lowest BCUT2D eigenvalue weighted by Crippen LogP contribution is -2.41. The molecule has 1 atom stereocenters. The Morgan fingerprint density at radius 2 is 1.93 bits per heavy atom. The molecule has 11 heteroatoms. The van der Waals surface area contributed by atoms with Gasteiger partial charge in [0.2, 0.25) is 0 Å². The molecule has 1 aliphatic carbocycles. The first-order valence-corrected chi connectivity index (χ1v) is 14.7. The van der Waals surface area contributed by atoms with E-state index >= 15 is 0 Å². The summed E-state index contributed by atoms with van der Waals surface area (Å²) in [5, 5.41) is 0.664. The average Bonchev–Trinajstić information content (AvgIpc) is 3.59. The van der Waals surface area contributed by atoms with Gasteiger partial charge in [-0.3, -0.25) is 4.98 Å². The summed E-state index contributed by atoms with van der Waals surface area (Å²) >= 11 is 1.46. The van der Waals surface area contributed by atoms with Gasteiger partial charge in [0.15, 0.2) is 17.4 Å². The van der Waals surface area contributed by atoms with Crippen LogP contribution in [0.2, 0.25) is 0 Å². The van der Waals surface area contributed by atoms with E-state index in [4.69, 9.17) is 29.9 Å². The fourth-order valence-electron chi connectivity index (χ4n) is 6.27. The van der Waals surface area contributed by atoms with E-state index in [1.54, 1.807) is 14.2 Å². The van der Waals surface area contributed by atoms with Gasteiger partial charge in [0, 0.05) is 57.3 Å². The molecule has 3 aliphatic rings. The highest BCUT2D eigenvalue weighted by Gasteiger charge is 2.40. The van der Waals surface area contributed by atoms with Crippen molar-refractivity contribution in [3.05, 3.63) is 48.0 Å². The Hall–Kier alpha value is -3.15. The maximum Gasteiger partial charge on any atom is 0.175 e. The third-order valence-electron chi connectivity index (χ3n) is 8.39. The number of fused-ring (bicyclic) bond motifs is 1. The lowest BCUT2D eigenvalue weighted by atomic mass is 9.76. The monoisotopic (exact) mass is 563 g/mol. The second-order valence-electron chi connectivity index (χ2n) is 11.0. The van der Waals surface area contributed by atoms with Crippen molar-refractivity contribution in [1.82, 2.24) is 19.9 Å². The van der Waals surface area contributed by atoms with Gasteiger partial charge in [0.1, 0.15) is 17.6 Å². The minimum Gasteiger partial charge on any atom is -0.492 e. The first kappa shape index (κ1) is 27.0. The van der Waals surface area contributed by atoms with Crippen molar-refractivity contribution in [2.75, 3.05) is 69.3 Å². The highest BCUT2D eigenvalue weighted by Crippen LogP contribution is 2.45. The molecule has 0 aromatic carbocycles. The van der Waals surface area contributed by atoms with Gasteiger partial charge in [-0.1, -0.05) is 17.8 Å². The molecule has 10 nitrogen and oxygen atoms in total. The van der Waals surface area contributed by atoms with Crippen LogP contribution in [0.25, 0.3) is 0 Å². The quantitative estimate of drug-likeness (QED) is 0.303. The van der Waals surface area contributed by atoms with Crippen LogP contribution in [0.15, 0.2) is 46.7 Å². The molecule has 2 fully saturated rings. The van der Waals surface area contributed by atoms with E-state index < -0.39 is 0 Å². The molecule has 212 valence electrons. The minimum absolute atomic E-state index is 0.316. The summed E-state index contributed by atoms with van der Waals surface area (Å²) in [4.78, 5) is 24.2. The van der Waals surface area contributed by atoms with Crippen molar-refractivity contribution in [1.29, 1.82) is 0 Å². The van der Waals surface area contributed by atoms with Gasteiger partial charge in [0.25, 0.3) is 0 Å². The first-order valence-electron chi connectivity index (χ1n) is 13.9. The second kappa shape index (κ2) is 11.8. The fourth-order valence-corrected chi connectivity index (χ4v) is 7.13. The number of pyridine rings is 2. The number of piperidine rings is 1. The average molecular weight is 564 g/mol. The zero-order valence-corrected chi connectivity index (χ0v) is 24.0. The number of nitrogens with zero attached hydrogens (tertiary/aromatic N) is 6. The van der Waals surface area contributed by atoms with Crippen molar-refractivity contribution < 1.29 is 14.2 Å². The van der Waals surface area contributed by atoms with Gasteiger partial charge < -0.3 is 29.7 Å². The standard InChI is InChI=1S/C29H37N7O3S/c1-37-19-39-18-20-6-11-36(17-20)27-25(38-2)23(5-10-32-27)40-28-26(30)34-24(16-33-28)35-12-7-29(8-13-35)14-21-4-3-9-31-22(21)15-29/h3-5,9-10,16,20H,6-8,11-15,17-19H2,1-2H3,(H2,30,34)/t20-/m0/s1. The molecule has 0 bridgehead atoms. The smallest absolute Gasteiger partial charge is 0.175 e. The summed E-state index contributed by atoms with van der Waals surface area (Å²) < 4.78 is 16.4. The SMILES string of the molecule is COCOC[C@H]1CCN(c2nccc(Sc3ncc(N4CCC5(CC4)Cc4cccnc4C5)nc3N)c2OC)C1. The fraction of sp³-hybridized carbons (Fsp3) is 0.517. The van der Waals surface area contributed by atoms with E-state index in [9.17, 15) is 0 Å². The van der Waals surface area contributed by atoms with Crippen LogP contribution < -0.4 is 20.3 Å². The summed E-state index contributed by atoms with van der Waals surface area (Å²) in [6.07, 6.45) is 11.1. The predicted octanol–water partition coefficient (Wildman–Crippen LogP) is 3.84. The summed E-state index contributed by atoms with van der Waals surface area (Å²) in [5.41, 5.74) is 9.47. The predicted molar refractivity (Wildman–Crippen MR) is 155 cm³/mol. The lowest BCUT2D eigenvalue weighted by Gasteiger charge is -2.39. The van der Waals surface area contributed by atoms with Gasteiger partial charge in [-0.15, -0.1) is 0 Å². The number of nitrogens with two attached hydrogens (primary N) is 1. The van der Waals surface area contributed by atoms with Gasteiger partial charge in [-0.2, -0.15) is 0 Å². The summed E-state index contributed by atoms with van der Waals surface area (Å²) in [5.74, 6) is 3.25. The maximum absolute atomic E-state index is 6.46. The third kappa shape index (κ3) is 5.55. The largest absolute Gasteiger partial charge is 0.492 e. The van der Waals surface area contributed by atoms with Crippen molar-refractivity contribution in [3.63, 3.8) is 0 Å². The topological polar surface area (TPSA) is 112 Å². The van der Waals surface area contributed by atoms with Gasteiger partial charge in [0.05, 0.1) is 24.8 Å². The van der Waals surface area contributed by atoms with Gasteiger partial charge in [-0.05, 0) is 55.2 Å². The van der Waals surface area contributed by atoms with Crippen LogP contribution in [0.5, 0.6) is 5.75 Å². The summed E-state index contributed by atoms with van der Waals surface area (Å²) in [6.45, 7) is 4.64. The van der Waals surface area contributed by atoms with E-state index in [2.05, 4.69) is 31.9 Å². The molecule has 2 N–H and O–H groups in total. The van der Waals surface area contributed by atoms with Crippen LogP contribution in [0.4, 0.5) is 17.5 Å². The molecule has 1 spiro atoms. The Balaban J connectivity index is 1.11. The molecule has 2 aliphatic heterocycles. The number of hydrogen-bond donors (Lipinski definition) is 1. The summed E-state index contributed by atoms with van der Waals surface area (Å²) in [7, 11) is 3.32. The summed E-state index contributed by atoms with van der Waals surface area (Å²) in [6, 6.07) is 6.22. The molecule has 0 unspecified atom stereocenters. The number of aromatic nitrogens is 4. The van der Waals surface area contributed by atoms with Crippen LogP contribution >= 0.6 is 11.8 Å². The van der Waals surface area contributed by atoms with Crippen LogP contribution in [0, 0.1) is 11.3 Å². The Labute approximate surface area is 239 Å². The highest BCUT2D eigenvalue weighted by molar-refractivity contribution is 7.99. The number of anilines is 3. The van der Waals surface area contributed by atoms with E-state index in [0.717, 1.165) is 80.6 Å². The molecule has 3 aromatic heterocycles. The highest BCUT2D eigenvalue weighted by atomic mass is 32.2. The normalized spacial score (nSPS) is 19.8. The maximum atomic E-state index is 6.46. The molecule has 3 aromatic rings. The van der Waals surface area contributed by atoms with Crippen molar-refractivity contribution in [2.45, 2.75) is 42.0 Å². The van der Waals surface area contributed by atoms with Crippen LogP contribution in [0.3, 0.4) is 0 Å². The van der Waals surface area contributed by atoms with Crippen LogP contribution in [-0.2, 0) is 22.3 Å². The van der Waals surface area contributed by atoms with Crippen molar-refractivity contribution in [2.24, 2.45) is 11.3 Å². The molecule has 40 heavy (non-hydrogen) atoms. The number of nitrogen functional groups attached to an aromatic ring is 1. The molecular formula is C29H37N7O3S. The second-order valence-corrected chi connectivity index (χ2v) is 12.0. The van der Waals surface area contributed by atoms with Crippen molar-refractivity contribution >= 4 is 29.2 Å². The Morgan fingerprint density at radius 1 is 1.05 bits per heavy atom. The lowest BCUT2D eigenvalue weighted by molar-refractivity contribution is -0.0411. The van der Waals surface area contributed by atoms with Crippen LogP contribution in [0.1, 0.15) is 30.5 Å². The van der Waals surface area contributed by atoms with E-state index in [1.165, 1.54) is 23.0 Å². The number of rotatable bonds is 9. The first-order chi connectivity index (χ1) is 19.6. The van der Waals surface area contributed by atoms with Gasteiger partial charge in [-0.25, -0.2) is 15.0 Å². The van der Waals surface area contributed by atoms with Crippen LogP contribution in [-0.4, -0.2) is 73.7 Å². The molecule has 6 rings (SSSR count). The molecule has 0 radical (unpaired) electrons. The van der Waals surface area contributed by atoms with Crippen molar-refractivity contribution in [3.8, 4) is 5.75 Å². The Morgan fingerprint density at radius 3 is 2.70 bits per heavy atom. The van der Waals surface area contributed by atoms with E-state index in [-0.39, 0.29) is 0 Å². The molecule has 2 saturated heterocycles. The number of methoxy groups -OCH3 is 2. The van der Waals surface area contributed by atoms with Gasteiger partial charge >= 0.3 is 0 Å². The number of ether oxygens (including phenoxy) is 3. The number of hydrogen-bond acceptors (Lipinski definition) is 11. The van der Waals surface area contributed by atoms with E-state index in [1.807, 2.05) is 24.7 Å². The zero-order valence-electron chi connectivity index (χ0n) is 23.2. The molecular weight excluding hydrogens is 526 g/mol. The molecule has 0 amide bonds. The molecule has 0 saturated carbocycles. The minimum atomic E-state index is 0.316. The third-order valence-corrected chi connectivity index (χ3v) is 9.44. The Bertz CT molecular complexity index is 1310. The van der Waals surface area contributed by atoms with E-state index in [0.29, 0.717) is 35.6 Å². The molecule has 5 heterocycles. The Kier molecular flexibility index (Phi) is 7.95. The zero-order chi connectivity index (χ0) is 27.5.